The van der Waals surface area contributed by atoms with Gasteiger partial charge in [0.1, 0.15) is 0 Å². The first-order chi connectivity index (χ1) is 11.6. The molecule has 0 saturated carbocycles. The number of aliphatic hydroxyl groups excluding tert-OH is 1. The quantitative estimate of drug-likeness (QED) is 0.749. The van der Waals surface area contributed by atoms with Crippen molar-refractivity contribution < 1.29 is 9.90 Å². The lowest BCUT2D eigenvalue weighted by Gasteiger charge is -2.13. The van der Waals surface area contributed by atoms with Crippen molar-refractivity contribution in [2.75, 3.05) is 6.54 Å². The third-order valence-corrected chi connectivity index (χ3v) is 3.91. The van der Waals surface area contributed by atoms with Crippen molar-refractivity contribution in [3.63, 3.8) is 0 Å². The zero-order valence-corrected chi connectivity index (χ0v) is 13.5. The van der Waals surface area contributed by atoms with Gasteiger partial charge in [-0.25, -0.2) is 4.68 Å². The Bertz CT molecular complexity index is 833. The molecule has 122 valence electrons. The topological polar surface area (TPSA) is 67.2 Å². The molecule has 3 rings (SSSR count). The van der Waals surface area contributed by atoms with Crippen LogP contribution in [0.25, 0.3) is 5.69 Å². The first-order valence-electron chi connectivity index (χ1n) is 7.47. The highest BCUT2D eigenvalue weighted by Gasteiger charge is 2.15. The SMILES string of the molecule is O=C(NCC(O)c1ccccc1Cl)c1ccn(-c2ccccc2)n1. The minimum Gasteiger partial charge on any atom is -0.387 e. The number of rotatable bonds is 5. The van der Waals surface area contributed by atoms with E-state index in [4.69, 9.17) is 11.6 Å². The highest BCUT2D eigenvalue weighted by atomic mass is 35.5. The molecule has 0 fully saturated rings. The Morgan fingerprint density at radius 3 is 2.58 bits per heavy atom. The molecule has 2 N–H and O–H groups in total. The van der Waals surface area contributed by atoms with Crippen LogP contribution in [0, 0.1) is 0 Å². The van der Waals surface area contributed by atoms with Gasteiger partial charge in [-0.05, 0) is 24.3 Å². The second kappa shape index (κ2) is 7.29. The molecule has 0 saturated heterocycles. The summed E-state index contributed by atoms with van der Waals surface area (Å²) in [7, 11) is 0. The van der Waals surface area contributed by atoms with Crippen LogP contribution in [0.1, 0.15) is 22.2 Å². The molecule has 0 aliphatic heterocycles. The molecule has 0 aliphatic carbocycles. The van der Waals surface area contributed by atoms with Gasteiger partial charge in [0.25, 0.3) is 5.91 Å². The minimum absolute atomic E-state index is 0.0563. The molecule has 5 nitrogen and oxygen atoms in total. The molecule has 0 radical (unpaired) electrons. The maximum Gasteiger partial charge on any atom is 0.271 e. The molecule has 1 aromatic heterocycles. The zero-order chi connectivity index (χ0) is 16.9. The van der Waals surface area contributed by atoms with E-state index in [0.29, 0.717) is 10.6 Å². The van der Waals surface area contributed by atoms with Crippen LogP contribution in [0.2, 0.25) is 5.02 Å². The summed E-state index contributed by atoms with van der Waals surface area (Å²) >= 11 is 6.03. The fraction of sp³-hybridized carbons (Fsp3) is 0.111. The molecule has 3 aromatic rings. The van der Waals surface area contributed by atoms with Crippen molar-refractivity contribution in [2.24, 2.45) is 0 Å². The molecule has 6 heteroatoms. The van der Waals surface area contributed by atoms with Crippen LogP contribution in [0.5, 0.6) is 0 Å². The molecule has 1 heterocycles. The second-order valence-corrected chi connectivity index (χ2v) is 5.64. The molecule has 2 aromatic carbocycles. The maximum absolute atomic E-state index is 12.2. The summed E-state index contributed by atoms with van der Waals surface area (Å²) < 4.78 is 1.62. The Kier molecular flexibility index (Phi) is 4.93. The van der Waals surface area contributed by atoms with Crippen LogP contribution in [0.3, 0.4) is 0 Å². The number of hydrogen-bond acceptors (Lipinski definition) is 3. The molecule has 1 amide bonds. The number of carbonyl (C=O) groups is 1. The van der Waals surface area contributed by atoms with E-state index >= 15 is 0 Å². The fourth-order valence-corrected chi connectivity index (χ4v) is 2.57. The number of para-hydroxylation sites is 1. The van der Waals surface area contributed by atoms with Gasteiger partial charge in [-0.2, -0.15) is 5.10 Å². The Labute approximate surface area is 144 Å². The number of nitrogens with one attached hydrogen (secondary N) is 1. The van der Waals surface area contributed by atoms with Gasteiger partial charge in [0, 0.05) is 23.3 Å². The zero-order valence-electron chi connectivity index (χ0n) is 12.8. The van der Waals surface area contributed by atoms with Crippen LogP contribution < -0.4 is 5.32 Å². The summed E-state index contributed by atoms with van der Waals surface area (Å²) in [5, 5.41) is 17.5. The highest BCUT2D eigenvalue weighted by molar-refractivity contribution is 6.31. The molecule has 0 spiro atoms. The third kappa shape index (κ3) is 3.64. The van der Waals surface area contributed by atoms with Crippen molar-refractivity contribution in [2.45, 2.75) is 6.10 Å². The highest BCUT2D eigenvalue weighted by Crippen LogP contribution is 2.21. The second-order valence-electron chi connectivity index (χ2n) is 5.23. The summed E-state index contributed by atoms with van der Waals surface area (Å²) in [6.45, 7) is 0.0563. The molecule has 1 unspecified atom stereocenters. The van der Waals surface area contributed by atoms with Crippen LogP contribution in [-0.4, -0.2) is 27.3 Å². The minimum atomic E-state index is -0.876. The number of aromatic nitrogens is 2. The predicted octanol–water partition coefficient (Wildman–Crippen LogP) is 2.99. The van der Waals surface area contributed by atoms with E-state index in [1.165, 1.54) is 0 Å². The molecule has 0 bridgehead atoms. The average Bonchev–Trinajstić information content (AvgIpc) is 3.11. The largest absolute Gasteiger partial charge is 0.387 e. The van der Waals surface area contributed by atoms with Crippen molar-refractivity contribution in [1.29, 1.82) is 0 Å². The Balaban J connectivity index is 1.64. The molecular formula is C18H16ClN3O2. The van der Waals surface area contributed by atoms with Gasteiger partial charge in [0.15, 0.2) is 5.69 Å². The van der Waals surface area contributed by atoms with Crippen molar-refractivity contribution in [3.05, 3.63) is 83.1 Å². The number of nitrogens with zero attached hydrogens (tertiary/aromatic N) is 2. The monoisotopic (exact) mass is 341 g/mol. The Hall–Kier alpha value is -2.63. The molecular weight excluding hydrogens is 326 g/mol. The normalized spacial score (nSPS) is 11.9. The van der Waals surface area contributed by atoms with Crippen LogP contribution in [-0.2, 0) is 0 Å². The van der Waals surface area contributed by atoms with E-state index in [9.17, 15) is 9.90 Å². The number of aliphatic hydroxyl groups is 1. The summed E-state index contributed by atoms with van der Waals surface area (Å²) in [4.78, 5) is 12.2. The lowest BCUT2D eigenvalue weighted by molar-refractivity contribution is 0.0911. The molecule has 0 aliphatic rings. The van der Waals surface area contributed by atoms with Crippen molar-refractivity contribution >= 4 is 17.5 Å². The summed E-state index contributed by atoms with van der Waals surface area (Å²) in [5.41, 5.74) is 1.73. The van der Waals surface area contributed by atoms with E-state index in [1.54, 1.807) is 41.2 Å². The molecule has 24 heavy (non-hydrogen) atoms. The standard InChI is InChI=1S/C18H16ClN3O2/c19-15-9-5-4-8-14(15)17(23)12-20-18(24)16-10-11-22(21-16)13-6-2-1-3-7-13/h1-11,17,23H,12H2,(H,20,24). The van der Waals surface area contributed by atoms with Gasteiger partial charge in [-0.1, -0.05) is 48.0 Å². The number of amides is 1. The number of hydrogen-bond donors (Lipinski definition) is 2. The summed E-state index contributed by atoms with van der Waals surface area (Å²) in [5.74, 6) is -0.351. The molecule has 1 atom stereocenters. The third-order valence-electron chi connectivity index (χ3n) is 3.56. The van der Waals surface area contributed by atoms with Gasteiger partial charge >= 0.3 is 0 Å². The van der Waals surface area contributed by atoms with Gasteiger partial charge in [-0.3, -0.25) is 4.79 Å². The van der Waals surface area contributed by atoms with Crippen LogP contribution in [0.15, 0.2) is 66.9 Å². The van der Waals surface area contributed by atoms with Crippen LogP contribution in [0.4, 0.5) is 0 Å². The lowest BCUT2D eigenvalue weighted by Crippen LogP contribution is -2.28. The van der Waals surface area contributed by atoms with E-state index in [1.807, 2.05) is 30.3 Å². The first kappa shape index (κ1) is 16.2. The van der Waals surface area contributed by atoms with Gasteiger partial charge in [0.05, 0.1) is 11.8 Å². The number of benzene rings is 2. The van der Waals surface area contributed by atoms with E-state index in [-0.39, 0.29) is 18.1 Å². The van der Waals surface area contributed by atoms with E-state index in [0.717, 1.165) is 5.69 Å². The fourth-order valence-electron chi connectivity index (χ4n) is 2.30. The van der Waals surface area contributed by atoms with E-state index in [2.05, 4.69) is 10.4 Å². The number of carbonyl (C=O) groups excluding carboxylic acids is 1. The van der Waals surface area contributed by atoms with Gasteiger partial charge in [-0.15, -0.1) is 0 Å². The number of halogens is 1. The van der Waals surface area contributed by atoms with Gasteiger partial charge < -0.3 is 10.4 Å². The van der Waals surface area contributed by atoms with E-state index < -0.39 is 6.10 Å². The van der Waals surface area contributed by atoms with Gasteiger partial charge in [0.2, 0.25) is 0 Å². The smallest absolute Gasteiger partial charge is 0.271 e. The lowest BCUT2D eigenvalue weighted by atomic mass is 10.1. The van der Waals surface area contributed by atoms with Crippen molar-refractivity contribution in [1.82, 2.24) is 15.1 Å². The summed E-state index contributed by atoms with van der Waals surface area (Å²) in [6.07, 6.45) is 0.841. The average molecular weight is 342 g/mol. The first-order valence-corrected chi connectivity index (χ1v) is 7.85. The predicted molar refractivity (Wildman–Crippen MR) is 92.3 cm³/mol. The Morgan fingerprint density at radius 1 is 1.12 bits per heavy atom. The van der Waals surface area contributed by atoms with Crippen molar-refractivity contribution in [3.8, 4) is 5.69 Å². The van der Waals surface area contributed by atoms with Crippen LogP contribution >= 0.6 is 11.6 Å². The maximum atomic E-state index is 12.2. The summed E-state index contributed by atoms with van der Waals surface area (Å²) in [6, 6.07) is 18.1. The Morgan fingerprint density at radius 2 is 1.83 bits per heavy atom.